The van der Waals surface area contributed by atoms with Gasteiger partial charge in [0, 0.05) is 37.6 Å². The summed E-state index contributed by atoms with van der Waals surface area (Å²) in [6.07, 6.45) is 0. The molecule has 0 unspecified atom stereocenters. The van der Waals surface area contributed by atoms with Crippen LogP contribution in [0.4, 0.5) is 0 Å². The molecule has 0 amide bonds. The highest BCUT2D eigenvalue weighted by molar-refractivity contribution is 7.31. The summed E-state index contributed by atoms with van der Waals surface area (Å²) in [6, 6.07) is 21.6. The molecule has 0 aliphatic heterocycles. The van der Waals surface area contributed by atoms with Crippen molar-refractivity contribution in [2.75, 3.05) is 0 Å². The van der Waals surface area contributed by atoms with Gasteiger partial charge in [0.2, 0.25) is 0 Å². The lowest BCUT2D eigenvalue weighted by atomic mass is 9.99. The van der Waals surface area contributed by atoms with Crippen molar-refractivity contribution in [2.24, 2.45) is 0 Å². The van der Waals surface area contributed by atoms with E-state index in [1.165, 1.54) is 11.3 Å². The molecule has 0 radical (unpaired) electrons. The third kappa shape index (κ3) is 2.56. The zero-order chi connectivity index (χ0) is 24.4. The van der Waals surface area contributed by atoms with Crippen LogP contribution in [0.2, 0.25) is 0 Å². The predicted octanol–water partition coefficient (Wildman–Crippen LogP) is 6.86. The molecule has 0 atom stereocenters. The maximum atomic E-state index is 9.72. The molecule has 7 heteroatoms. The Labute approximate surface area is 208 Å². The van der Waals surface area contributed by atoms with E-state index in [1.807, 2.05) is 30.3 Å². The van der Waals surface area contributed by atoms with Crippen LogP contribution >= 0.6 is 22.7 Å². The Hall–Kier alpha value is -4.97. The number of thiophene rings is 2. The van der Waals surface area contributed by atoms with Gasteiger partial charge in [0.15, 0.2) is 0 Å². The number of benzene rings is 2. The fourth-order valence-corrected chi connectivity index (χ4v) is 8.02. The Bertz CT molecular complexity index is 1940. The van der Waals surface area contributed by atoms with E-state index in [1.54, 1.807) is 36.5 Å². The second-order valence-corrected chi connectivity index (χ2v) is 10.1. The number of hydrogen-bond acceptors (Lipinski definition) is 7. The van der Waals surface area contributed by atoms with Gasteiger partial charge in [-0.15, -0.1) is 22.7 Å². The fourth-order valence-electron chi connectivity index (χ4n) is 4.91. The highest BCUT2D eigenvalue weighted by Gasteiger charge is 2.37. The SMILES string of the molecule is C/C(C#N)=C1/c2cc(C#N)ccc2-c2c1sc1c3c(sc21)C(=C(C#N)C#N)c1cc(C#N)ccc1-3. The number of allylic oxidation sites excluding steroid dienone is 2. The molecule has 0 saturated heterocycles. The van der Waals surface area contributed by atoms with Gasteiger partial charge in [-0.05, 0) is 53.4 Å². The highest BCUT2D eigenvalue weighted by atomic mass is 32.1. The van der Waals surface area contributed by atoms with Crippen LogP contribution in [-0.2, 0) is 0 Å². The van der Waals surface area contributed by atoms with E-state index < -0.39 is 0 Å². The molecule has 0 bridgehead atoms. The summed E-state index contributed by atoms with van der Waals surface area (Å²) in [4.78, 5) is 1.84. The monoisotopic (exact) mass is 479 g/mol. The third-order valence-electron chi connectivity index (χ3n) is 6.37. The minimum absolute atomic E-state index is 0.0191. The van der Waals surface area contributed by atoms with E-state index in [-0.39, 0.29) is 5.57 Å². The van der Waals surface area contributed by atoms with Crippen LogP contribution in [0, 0.1) is 56.7 Å². The van der Waals surface area contributed by atoms with Crippen LogP contribution in [0.5, 0.6) is 0 Å². The van der Waals surface area contributed by atoms with Gasteiger partial charge < -0.3 is 0 Å². The van der Waals surface area contributed by atoms with E-state index in [9.17, 15) is 26.3 Å². The summed E-state index contributed by atoms with van der Waals surface area (Å²) < 4.78 is 2.06. The van der Waals surface area contributed by atoms with E-state index in [0.29, 0.717) is 22.3 Å². The molecular formula is C28H9N5S2. The maximum Gasteiger partial charge on any atom is 0.138 e. The zero-order valence-corrected chi connectivity index (χ0v) is 19.6. The van der Waals surface area contributed by atoms with Gasteiger partial charge >= 0.3 is 0 Å². The van der Waals surface area contributed by atoms with Crippen LogP contribution in [0.15, 0.2) is 47.5 Å². The van der Waals surface area contributed by atoms with E-state index >= 15 is 0 Å². The Morgan fingerprint density at radius 1 is 0.629 bits per heavy atom. The van der Waals surface area contributed by atoms with Gasteiger partial charge in [0.05, 0.1) is 38.7 Å². The van der Waals surface area contributed by atoms with Crippen molar-refractivity contribution < 1.29 is 0 Å². The third-order valence-corrected chi connectivity index (χ3v) is 8.95. The van der Waals surface area contributed by atoms with Gasteiger partial charge in [-0.2, -0.15) is 26.3 Å². The molecule has 4 aromatic rings. The summed E-state index contributed by atoms with van der Waals surface area (Å²) in [6.45, 7) is 1.79. The molecule has 2 aromatic carbocycles. The maximum absolute atomic E-state index is 9.72. The van der Waals surface area contributed by atoms with Crippen molar-refractivity contribution in [1.82, 2.24) is 0 Å². The minimum Gasteiger partial charge on any atom is -0.193 e. The number of hydrogen-bond donors (Lipinski definition) is 0. The normalized spacial score (nSPS) is 13.4. The van der Waals surface area contributed by atoms with Crippen molar-refractivity contribution in [2.45, 2.75) is 6.92 Å². The predicted molar refractivity (Wildman–Crippen MR) is 135 cm³/mol. The van der Waals surface area contributed by atoms with E-state index in [2.05, 4.69) is 18.2 Å². The Morgan fingerprint density at radius 3 is 1.57 bits per heavy atom. The van der Waals surface area contributed by atoms with E-state index in [0.717, 1.165) is 58.1 Å². The lowest BCUT2D eigenvalue weighted by molar-refractivity contribution is 1.44. The first-order valence-electron chi connectivity index (χ1n) is 10.4. The van der Waals surface area contributed by atoms with Gasteiger partial charge in [0.1, 0.15) is 17.7 Å². The smallest absolute Gasteiger partial charge is 0.138 e. The molecule has 6 rings (SSSR count). The average Bonchev–Trinajstić information content (AvgIpc) is 3.59. The standard InChI is InChI=1S/C28H9N5S2/c1-13(8-29)21-19-6-14(9-30)2-4-17(19)23-25(21)34-28-24-18-5-3-15(10-31)7-20(18)22(16(11-32)12-33)26(24)35-27(23)28/h2-7H,1H3/b21-13+. The van der Waals surface area contributed by atoms with Gasteiger partial charge in [0.25, 0.3) is 0 Å². The van der Waals surface area contributed by atoms with Crippen LogP contribution in [0.3, 0.4) is 0 Å². The Morgan fingerprint density at radius 2 is 1.11 bits per heavy atom. The van der Waals surface area contributed by atoms with E-state index in [4.69, 9.17) is 0 Å². The molecule has 0 N–H and O–H groups in total. The lowest BCUT2D eigenvalue weighted by Gasteiger charge is -2.05. The summed E-state index contributed by atoms with van der Waals surface area (Å²) >= 11 is 3.12. The number of nitrogens with zero attached hydrogens (tertiary/aromatic N) is 5. The first-order chi connectivity index (χ1) is 17.1. The average molecular weight is 480 g/mol. The lowest BCUT2D eigenvalue weighted by Crippen LogP contribution is -1.87. The van der Waals surface area contributed by atoms with Crippen molar-refractivity contribution in [3.63, 3.8) is 0 Å². The summed E-state index contributed by atoms with van der Waals surface area (Å²) in [5.41, 5.74) is 8.48. The zero-order valence-electron chi connectivity index (χ0n) is 18.0. The topological polar surface area (TPSA) is 119 Å². The molecule has 2 aliphatic rings. The van der Waals surface area contributed by atoms with Crippen molar-refractivity contribution in [3.05, 3.63) is 79.6 Å². The molecule has 0 spiro atoms. The number of rotatable bonds is 0. The number of fused-ring (bicyclic) bond motifs is 9. The summed E-state index contributed by atoms with van der Waals surface area (Å²) in [5.74, 6) is 0. The molecule has 2 aliphatic carbocycles. The van der Waals surface area contributed by atoms with Gasteiger partial charge in [-0.1, -0.05) is 12.1 Å². The van der Waals surface area contributed by atoms with Crippen molar-refractivity contribution in [3.8, 4) is 52.6 Å². The van der Waals surface area contributed by atoms with Crippen LogP contribution in [-0.4, -0.2) is 0 Å². The van der Waals surface area contributed by atoms with Gasteiger partial charge in [-0.25, -0.2) is 0 Å². The summed E-state index contributed by atoms with van der Waals surface area (Å²) in [5, 5.41) is 48.0. The molecular weight excluding hydrogens is 470 g/mol. The molecule has 2 aromatic heterocycles. The minimum atomic E-state index is 0.0191. The highest BCUT2D eigenvalue weighted by Crippen LogP contribution is 2.61. The summed E-state index contributed by atoms with van der Waals surface area (Å²) in [7, 11) is 0. The Balaban J connectivity index is 1.75. The van der Waals surface area contributed by atoms with Crippen LogP contribution < -0.4 is 0 Å². The molecule has 0 fully saturated rings. The molecule has 5 nitrogen and oxygen atoms in total. The number of nitriles is 5. The second-order valence-electron chi connectivity index (χ2n) is 8.10. The van der Waals surface area contributed by atoms with Crippen molar-refractivity contribution >= 4 is 43.2 Å². The second kappa shape index (κ2) is 7.27. The van der Waals surface area contributed by atoms with Crippen molar-refractivity contribution in [1.29, 1.82) is 26.3 Å². The Kier molecular flexibility index (Phi) is 4.28. The van der Waals surface area contributed by atoms with Crippen LogP contribution in [0.1, 0.15) is 38.9 Å². The quantitative estimate of drug-likeness (QED) is 0.220. The first kappa shape index (κ1) is 20.6. The molecule has 2 heterocycles. The van der Waals surface area contributed by atoms with Gasteiger partial charge in [-0.3, -0.25) is 0 Å². The molecule has 35 heavy (non-hydrogen) atoms. The largest absolute Gasteiger partial charge is 0.193 e. The fraction of sp³-hybridized carbons (Fsp3) is 0.0357. The first-order valence-corrected chi connectivity index (χ1v) is 12.0. The molecule has 158 valence electrons. The molecule has 0 saturated carbocycles. The van der Waals surface area contributed by atoms with Crippen LogP contribution in [0.25, 0.3) is 42.8 Å².